The SMILES string of the molecule is [C-]#[N+]CC(N)=S. The van der Waals surface area contributed by atoms with Gasteiger partial charge in [-0.15, -0.1) is 0 Å². The molecule has 0 spiro atoms. The van der Waals surface area contributed by atoms with Gasteiger partial charge in [0.15, 0.2) is 4.99 Å². The average molecular weight is 100 g/mol. The summed E-state index contributed by atoms with van der Waals surface area (Å²) in [4.78, 5) is 3.19. The van der Waals surface area contributed by atoms with Gasteiger partial charge in [0.1, 0.15) is 0 Å². The maximum absolute atomic E-state index is 6.19. The fourth-order valence-electron chi connectivity index (χ4n) is 0.0779. The van der Waals surface area contributed by atoms with Crippen LogP contribution in [0.15, 0.2) is 0 Å². The topological polar surface area (TPSA) is 30.4 Å². The molecule has 2 nitrogen and oxygen atoms in total. The smallest absolute Gasteiger partial charge is 0.263 e. The van der Waals surface area contributed by atoms with Crippen molar-refractivity contribution in [1.29, 1.82) is 0 Å². The van der Waals surface area contributed by atoms with Crippen LogP contribution in [-0.2, 0) is 0 Å². The molecule has 32 valence electrons. The van der Waals surface area contributed by atoms with Gasteiger partial charge < -0.3 is 10.6 Å². The van der Waals surface area contributed by atoms with Crippen molar-refractivity contribution in [1.82, 2.24) is 0 Å². The molecule has 0 saturated carbocycles. The van der Waals surface area contributed by atoms with Crippen LogP contribution in [0.4, 0.5) is 0 Å². The molecular formula is C3H4N2S. The van der Waals surface area contributed by atoms with E-state index in [0.717, 1.165) is 0 Å². The minimum Gasteiger partial charge on any atom is -0.387 e. The number of nitrogens with two attached hydrogens (primary N) is 1. The van der Waals surface area contributed by atoms with Crippen molar-refractivity contribution >= 4 is 17.2 Å². The van der Waals surface area contributed by atoms with E-state index < -0.39 is 0 Å². The van der Waals surface area contributed by atoms with Crippen molar-refractivity contribution in [2.45, 2.75) is 0 Å². The molecule has 0 unspecified atom stereocenters. The molecule has 6 heavy (non-hydrogen) atoms. The molecule has 0 fully saturated rings. The lowest BCUT2D eigenvalue weighted by Gasteiger charge is -1.74. The quantitative estimate of drug-likeness (QED) is 0.376. The van der Waals surface area contributed by atoms with Crippen LogP contribution in [0, 0.1) is 6.57 Å². The molecule has 0 saturated heterocycles. The van der Waals surface area contributed by atoms with Crippen molar-refractivity contribution < 1.29 is 0 Å². The van der Waals surface area contributed by atoms with Crippen LogP contribution in [0.25, 0.3) is 4.85 Å². The second kappa shape index (κ2) is 2.61. The molecule has 0 aromatic heterocycles. The van der Waals surface area contributed by atoms with Crippen molar-refractivity contribution in [3.05, 3.63) is 11.4 Å². The molecule has 0 bridgehead atoms. The molecule has 0 aromatic rings. The molecule has 2 N–H and O–H groups in total. The molecule has 0 aliphatic rings. The molecule has 3 heteroatoms. The minimum atomic E-state index is 0.176. The van der Waals surface area contributed by atoms with Gasteiger partial charge in [0.25, 0.3) is 6.54 Å². The first-order valence-corrected chi connectivity index (χ1v) is 1.79. The summed E-state index contributed by atoms with van der Waals surface area (Å²) < 4.78 is 0. The second-order valence-corrected chi connectivity index (χ2v) is 1.31. The van der Waals surface area contributed by atoms with Gasteiger partial charge in [-0.3, -0.25) is 0 Å². The zero-order chi connectivity index (χ0) is 4.99. The predicted octanol–water partition coefficient (Wildman–Crippen LogP) is 0.192. The van der Waals surface area contributed by atoms with Crippen LogP contribution in [0.1, 0.15) is 0 Å². The van der Waals surface area contributed by atoms with Crippen molar-refractivity contribution in [2.24, 2.45) is 5.73 Å². The van der Waals surface area contributed by atoms with Crippen LogP contribution in [-0.4, -0.2) is 11.5 Å². The molecular weight excluding hydrogens is 96.1 g/mol. The van der Waals surface area contributed by atoms with Crippen molar-refractivity contribution in [3.63, 3.8) is 0 Å². The first kappa shape index (κ1) is 5.38. The summed E-state index contributed by atoms with van der Waals surface area (Å²) in [6.07, 6.45) is 0. The summed E-state index contributed by atoms with van der Waals surface area (Å²) in [5.41, 5.74) is 4.92. The van der Waals surface area contributed by atoms with Gasteiger partial charge >= 0.3 is 0 Å². The van der Waals surface area contributed by atoms with Crippen molar-refractivity contribution in [2.75, 3.05) is 6.54 Å². The molecule has 0 aromatic carbocycles. The van der Waals surface area contributed by atoms with Crippen LogP contribution in [0.2, 0.25) is 0 Å². The summed E-state index contributed by atoms with van der Waals surface area (Å²) in [5.74, 6) is 0. The van der Waals surface area contributed by atoms with E-state index in [0.29, 0.717) is 0 Å². The Bertz CT molecular complexity index is 91.5. The average Bonchev–Trinajstić information content (AvgIpc) is 1.35. The summed E-state index contributed by atoms with van der Waals surface area (Å²) in [6, 6.07) is 0. The number of rotatable bonds is 1. The van der Waals surface area contributed by atoms with Crippen LogP contribution in [0.5, 0.6) is 0 Å². The lowest BCUT2D eigenvalue weighted by Crippen LogP contribution is -2.09. The van der Waals surface area contributed by atoms with E-state index in [1.807, 2.05) is 0 Å². The Hall–Kier alpha value is -0.620. The zero-order valence-electron chi connectivity index (χ0n) is 3.14. The summed E-state index contributed by atoms with van der Waals surface area (Å²) in [6.45, 7) is 6.37. The third kappa shape index (κ3) is 3.38. The van der Waals surface area contributed by atoms with Gasteiger partial charge in [-0.25, -0.2) is 6.57 Å². The highest BCUT2D eigenvalue weighted by atomic mass is 32.1. The third-order valence-corrected chi connectivity index (χ3v) is 0.364. The standard InChI is InChI=1S/C3H4N2S/c1-5-2-3(4)6/h2H2,(H2,4,6). The van der Waals surface area contributed by atoms with Crippen LogP contribution >= 0.6 is 12.2 Å². The van der Waals surface area contributed by atoms with E-state index in [1.165, 1.54) is 0 Å². The fraction of sp³-hybridized carbons (Fsp3) is 0.333. The maximum atomic E-state index is 6.19. The molecule has 0 atom stereocenters. The summed E-state index contributed by atoms with van der Waals surface area (Å²) in [5, 5.41) is 0. The first-order chi connectivity index (χ1) is 2.77. The largest absolute Gasteiger partial charge is 0.387 e. The Morgan fingerprint density at radius 3 is 2.50 bits per heavy atom. The highest BCUT2D eigenvalue weighted by Gasteiger charge is 1.82. The van der Waals surface area contributed by atoms with Crippen molar-refractivity contribution in [3.8, 4) is 0 Å². The predicted molar refractivity (Wildman–Crippen MR) is 28.3 cm³/mol. The van der Waals surface area contributed by atoms with Gasteiger partial charge in [0, 0.05) is 0 Å². The highest BCUT2D eigenvalue weighted by Crippen LogP contribution is 1.64. The van der Waals surface area contributed by atoms with Gasteiger partial charge in [0.2, 0.25) is 0 Å². The number of hydrogen-bond acceptors (Lipinski definition) is 1. The van der Waals surface area contributed by atoms with Crippen LogP contribution in [0.3, 0.4) is 0 Å². The fourth-order valence-corrected chi connectivity index (χ4v) is 0.142. The number of hydrogen-bond donors (Lipinski definition) is 1. The Kier molecular flexibility index (Phi) is 2.34. The Balaban J connectivity index is 3.13. The van der Waals surface area contributed by atoms with E-state index in [9.17, 15) is 0 Å². The highest BCUT2D eigenvalue weighted by molar-refractivity contribution is 7.80. The Morgan fingerprint density at radius 1 is 2.00 bits per heavy atom. The van der Waals surface area contributed by atoms with Crippen LogP contribution < -0.4 is 5.73 Å². The molecule has 0 radical (unpaired) electrons. The van der Waals surface area contributed by atoms with Gasteiger partial charge in [0.05, 0.1) is 0 Å². The van der Waals surface area contributed by atoms with Gasteiger partial charge in [-0.1, -0.05) is 12.2 Å². The number of thiocarbonyl (C=S) groups is 1. The lowest BCUT2D eigenvalue weighted by molar-refractivity contribution is 1.58. The normalized spacial score (nSPS) is 6.50. The monoisotopic (exact) mass is 100 g/mol. The Morgan fingerprint density at radius 2 is 2.50 bits per heavy atom. The van der Waals surface area contributed by atoms with Gasteiger partial charge in [-0.2, -0.15) is 0 Å². The zero-order valence-corrected chi connectivity index (χ0v) is 3.96. The summed E-state index contributed by atoms with van der Waals surface area (Å²) >= 11 is 4.36. The maximum Gasteiger partial charge on any atom is 0.263 e. The van der Waals surface area contributed by atoms with Gasteiger partial charge in [-0.05, 0) is 0 Å². The first-order valence-electron chi connectivity index (χ1n) is 1.39. The van der Waals surface area contributed by atoms with E-state index in [-0.39, 0.29) is 11.5 Å². The number of nitrogens with zero attached hydrogens (tertiary/aromatic N) is 1. The second-order valence-electron chi connectivity index (χ2n) is 0.783. The molecule has 0 amide bonds. The molecule has 0 aliphatic carbocycles. The summed E-state index contributed by atoms with van der Waals surface area (Å²) in [7, 11) is 0. The molecule has 0 aliphatic heterocycles. The van der Waals surface area contributed by atoms with E-state index in [4.69, 9.17) is 12.3 Å². The van der Waals surface area contributed by atoms with E-state index >= 15 is 0 Å². The van der Waals surface area contributed by atoms with E-state index in [2.05, 4.69) is 17.1 Å². The lowest BCUT2D eigenvalue weighted by atomic mass is 10.7. The Labute approximate surface area is 41.8 Å². The minimum absolute atomic E-state index is 0.176. The third-order valence-electron chi connectivity index (χ3n) is 0.235. The van der Waals surface area contributed by atoms with E-state index in [1.54, 1.807) is 0 Å². The molecule has 0 heterocycles. The molecule has 0 rings (SSSR count).